The first kappa shape index (κ1) is 20.9. The molecule has 0 aliphatic carbocycles. The molecule has 0 saturated carbocycles. The second-order valence-corrected chi connectivity index (χ2v) is 8.23. The Hall–Kier alpha value is -3.37. The fraction of sp³-hybridized carbons (Fsp3) is 0.190. The van der Waals surface area contributed by atoms with Gasteiger partial charge in [-0.05, 0) is 36.0 Å². The maximum atomic E-state index is 12.9. The van der Waals surface area contributed by atoms with E-state index < -0.39 is 0 Å². The zero-order valence-corrected chi connectivity index (χ0v) is 18.6. The number of hydrogen-bond donors (Lipinski definition) is 2. The Balaban J connectivity index is 1.75. The lowest BCUT2D eigenvalue weighted by atomic mass is 10.2. The highest BCUT2D eigenvalue weighted by Crippen LogP contribution is 2.32. The number of rotatable bonds is 6. The van der Waals surface area contributed by atoms with Crippen LogP contribution < -0.4 is 25.1 Å². The van der Waals surface area contributed by atoms with Gasteiger partial charge in [-0.3, -0.25) is 14.0 Å². The highest BCUT2D eigenvalue weighted by atomic mass is 32.1. The van der Waals surface area contributed by atoms with Crippen LogP contribution in [0.3, 0.4) is 0 Å². The zero-order valence-electron chi connectivity index (χ0n) is 17.0. The Morgan fingerprint density at radius 2 is 1.77 bits per heavy atom. The number of benzene rings is 2. The molecule has 0 saturated heterocycles. The van der Waals surface area contributed by atoms with E-state index in [-0.39, 0.29) is 11.5 Å². The monoisotopic (exact) mass is 457 g/mol. The summed E-state index contributed by atoms with van der Waals surface area (Å²) < 4.78 is 17.9. The largest absolute Gasteiger partial charge is 0.497 e. The lowest BCUT2D eigenvalue weighted by Crippen LogP contribution is -2.23. The number of hydrogen-bond acceptors (Lipinski definition) is 7. The van der Waals surface area contributed by atoms with Gasteiger partial charge in [0.2, 0.25) is 0 Å². The van der Waals surface area contributed by atoms with Crippen molar-refractivity contribution < 1.29 is 19.0 Å². The predicted octanol–water partition coefficient (Wildman–Crippen LogP) is 3.53. The molecular weight excluding hydrogens is 438 g/mol. The Kier molecular flexibility index (Phi) is 5.66. The van der Waals surface area contributed by atoms with E-state index >= 15 is 0 Å². The molecular formula is C21H19N3O5S2. The summed E-state index contributed by atoms with van der Waals surface area (Å²) in [5.41, 5.74) is 1.43. The SMILES string of the molecule is COc1ccc(CNC(=O)c2sc(=S)n3c2[nH]c(=O)c2cc(OC)c(OC)cc23)cc1. The second-order valence-electron chi connectivity index (χ2n) is 6.59. The van der Waals surface area contributed by atoms with Crippen LogP contribution in [0.4, 0.5) is 0 Å². The van der Waals surface area contributed by atoms with Gasteiger partial charge in [-0.25, -0.2) is 0 Å². The van der Waals surface area contributed by atoms with Crippen LogP contribution in [0.5, 0.6) is 17.2 Å². The van der Waals surface area contributed by atoms with Crippen molar-refractivity contribution in [1.29, 1.82) is 0 Å². The smallest absolute Gasteiger partial charge is 0.265 e. The fourth-order valence-corrected chi connectivity index (χ4v) is 4.57. The highest BCUT2D eigenvalue weighted by molar-refractivity contribution is 7.73. The molecule has 4 rings (SSSR count). The van der Waals surface area contributed by atoms with Crippen LogP contribution in [0.25, 0.3) is 16.6 Å². The number of methoxy groups -OCH3 is 3. The topological polar surface area (TPSA) is 94.1 Å². The average molecular weight is 458 g/mol. The van der Waals surface area contributed by atoms with Crippen LogP contribution >= 0.6 is 23.6 Å². The molecule has 160 valence electrons. The molecule has 0 aliphatic rings. The normalized spacial score (nSPS) is 10.9. The van der Waals surface area contributed by atoms with Gasteiger partial charge in [-0.1, -0.05) is 23.5 Å². The number of ether oxygens (including phenoxy) is 3. The van der Waals surface area contributed by atoms with Gasteiger partial charge < -0.3 is 24.5 Å². The number of fused-ring (bicyclic) bond motifs is 3. The summed E-state index contributed by atoms with van der Waals surface area (Å²) in [6.07, 6.45) is 0. The van der Waals surface area contributed by atoms with Gasteiger partial charge in [0, 0.05) is 12.6 Å². The van der Waals surface area contributed by atoms with Crippen molar-refractivity contribution >= 4 is 46.0 Å². The Morgan fingerprint density at radius 3 is 2.42 bits per heavy atom. The number of amides is 1. The molecule has 2 aromatic carbocycles. The first-order chi connectivity index (χ1) is 15.0. The maximum Gasteiger partial charge on any atom is 0.265 e. The molecule has 0 bridgehead atoms. The maximum absolute atomic E-state index is 12.9. The van der Waals surface area contributed by atoms with Gasteiger partial charge in [0.05, 0.1) is 32.2 Å². The van der Waals surface area contributed by atoms with E-state index in [9.17, 15) is 9.59 Å². The van der Waals surface area contributed by atoms with Crippen LogP contribution in [-0.2, 0) is 6.54 Å². The molecule has 0 spiro atoms. The number of thiazole rings is 1. The summed E-state index contributed by atoms with van der Waals surface area (Å²) in [5, 5.41) is 3.25. The van der Waals surface area contributed by atoms with Crippen molar-refractivity contribution in [3.63, 3.8) is 0 Å². The van der Waals surface area contributed by atoms with E-state index in [1.807, 2.05) is 24.3 Å². The summed E-state index contributed by atoms with van der Waals surface area (Å²) in [5.74, 6) is 1.30. The summed E-state index contributed by atoms with van der Waals surface area (Å²) in [6.45, 7) is 0.322. The third kappa shape index (κ3) is 3.75. The molecule has 31 heavy (non-hydrogen) atoms. The minimum Gasteiger partial charge on any atom is -0.497 e. The highest BCUT2D eigenvalue weighted by Gasteiger charge is 2.19. The first-order valence-corrected chi connectivity index (χ1v) is 10.4. The van der Waals surface area contributed by atoms with Gasteiger partial charge >= 0.3 is 0 Å². The van der Waals surface area contributed by atoms with E-state index in [0.29, 0.717) is 43.4 Å². The lowest BCUT2D eigenvalue weighted by Gasteiger charge is -2.10. The van der Waals surface area contributed by atoms with Gasteiger partial charge in [-0.2, -0.15) is 0 Å². The van der Waals surface area contributed by atoms with Crippen molar-refractivity contribution in [3.8, 4) is 17.2 Å². The molecule has 2 N–H and O–H groups in total. The standard InChI is InChI=1S/C21H19N3O5S2/c1-27-12-6-4-11(5-7-12)10-22-20(26)17-18-23-19(25)13-8-15(28-2)16(29-3)9-14(13)24(18)21(30)31-17/h4-9H,10H2,1-3H3,(H,22,26)(H,23,25). The predicted molar refractivity (Wildman–Crippen MR) is 122 cm³/mol. The Labute approximate surface area is 186 Å². The number of nitrogens with one attached hydrogen (secondary N) is 2. The van der Waals surface area contributed by atoms with E-state index in [4.69, 9.17) is 26.4 Å². The molecule has 2 aromatic heterocycles. The molecule has 0 aliphatic heterocycles. The Morgan fingerprint density at radius 1 is 1.10 bits per heavy atom. The van der Waals surface area contributed by atoms with Gasteiger partial charge in [0.25, 0.3) is 11.5 Å². The number of carbonyl (C=O) groups excluding carboxylic acids is 1. The number of aromatic nitrogens is 2. The van der Waals surface area contributed by atoms with E-state index in [1.54, 1.807) is 23.6 Å². The Bertz CT molecular complexity index is 1400. The van der Waals surface area contributed by atoms with Crippen molar-refractivity contribution in [3.05, 3.63) is 61.1 Å². The summed E-state index contributed by atoms with van der Waals surface area (Å²) in [4.78, 5) is 28.7. The van der Waals surface area contributed by atoms with Crippen molar-refractivity contribution in [2.24, 2.45) is 0 Å². The molecule has 0 radical (unpaired) electrons. The first-order valence-electron chi connectivity index (χ1n) is 9.21. The van der Waals surface area contributed by atoms with E-state index in [1.165, 1.54) is 14.2 Å². The summed E-state index contributed by atoms with van der Waals surface area (Å²) in [6, 6.07) is 10.7. The second kappa shape index (κ2) is 8.40. The molecule has 10 heteroatoms. The van der Waals surface area contributed by atoms with Gasteiger partial charge in [0.1, 0.15) is 16.3 Å². The lowest BCUT2D eigenvalue weighted by molar-refractivity contribution is 0.0956. The van der Waals surface area contributed by atoms with Crippen LogP contribution in [0.1, 0.15) is 15.2 Å². The van der Waals surface area contributed by atoms with Gasteiger partial charge in [-0.15, -0.1) is 0 Å². The summed E-state index contributed by atoms with van der Waals surface area (Å²) >= 11 is 6.63. The number of nitrogens with zero attached hydrogens (tertiary/aromatic N) is 1. The number of carbonyl (C=O) groups is 1. The van der Waals surface area contributed by atoms with Crippen LogP contribution in [0, 0.1) is 3.95 Å². The molecule has 8 nitrogen and oxygen atoms in total. The van der Waals surface area contributed by atoms with Gasteiger partial charge in [0.15, 0.2) is 15.5 Å². The molecule has 4 aromatic rings. The number of H-pyrrole nitrogens is 1. The number of aromatic amines is 1. The molecule has 0 atom stereocenters. The molecule has 1 amide bonds. The summed E-state index contributed by atoms with van der Waals surface area (Å²) in [7, 11) is 4.61. The minimum atomic E-state index is -0.354. The fourth-order valence-electron chi connectivity index (χ4n) is 3.28. The van der Waals surface area contributed by atoms with Crippen molar-refractivity contribution in [2.75, 3.05) is 21.3 Å². The third-order valence-electron chi connectivity index (χ3n) is 4.85. The molecule has 0 unspecified atom stereocenters. The third-order valence-corrected chi connectivity index (χ3v) is 6.22. The molecule has 0 fully saturated rings. The van der Waals surface area contributed by atoms with Crippen LogP contribution in [0.2, 0.25) is 0 Å². The average Bonchev–Trinajstić information content (AvgIpc) is 3.13. The zero-order chi connectivity index (χ0) is 22.1. The van der Waals surface area contributed by atoms with E-state index in [2.05, 4.69) is 10.3 Å². The van der Waals surface area contributed by atoms with E-state index in [0.717, 1.165) is 22.6 Å². The van der Waals surface area contributed by atoms with Crippen molar-refractivity contribution in [1.82, 2.24) is 14.7 Å². The van der Waals surface area contributed by atoms with Crippen LogP contribution in [0.15, 0.2) is 41.2 Å². The minimum absolute atomic E-state index is 0.322. The molecule has 2 heterocycles. The van der Waals surface area contributed by atoms with Crippen LogP contribution in [-0.4, -0.2) is 36.6 Å². The quantitative estimate of drug-likeness (QED) is 0.430. The van der Waals surface area contributed by atoms with Crippen molar-refractivity contribution in [2.45, 2.75) is 6.54 Å².